The van der Waals surface area contributed by atoms with Gasteiger partial charge in [-0.2, -0.15) is 5.10 Å². The van der Waals surface area contributed by atoms with Gasteiger partial charge in [-0.05, 0) is 80.7 Å². The number of aromatic nitrogens is 2. The van der Waals surface area contributed by atoms with Crippen LogP contribution in [0.25, 0.3) is 5.69 Å². The highest BCUT2D eigenvalue weighted by atomic mass is 35.5. The van der Waals surface area contributed by atoms with Gasteiger partial charge in [-0.3, -0.25) is 5.32 Å². The van der Waals surface area contributed by atoms with E-state index >= 15 is 0 Å². The summed E-state index contributed by atoms with van der Waals surface area (Å²) in [4.78, 5) is 13.6. The van der Waals surface area contributed by atoms with E-state index < -0.39 is 21.1 Å². The zero-order valence-electron chi connectivity index (χ0n) is 25.2. The lowest BCUT2D eigenvalue weighted by Crippen LogP contribution is -2.34. The van der Waals surface area contributed by atoms with Crippen LogP contribution in [0, 0.1) is 12.8 Å². The minimum absolute atomic E-state index is 0.0221. The highest BCUT2D eigenvalue weighted by Gasteiger charge is 2.39. The number of amides is 2. The summed E-state index contributed by atoms with van der Waals surface area (Å²) in [7, 11) is -4.01. The van der Waals surface area contributed by atoms with E-state index in [0.29, 0.717) is 43.0 Å². The topological polar surface area (TPSA) is 105 Å². The molecule has 3 aromatic carbocycles. The number of aryl methyl sites for hydroxylation is 1. The molecule has 2 amide bonds. The molecule has 1 aliphatic heterocycles. The lowest BCUT2D eigenvalue weighted by atomic mass is 9.89. The average molecular weight is 655 g/mol. The van der Waals surface area contributed by atoms with Crippen LogP contribution in [0.15, 0.2) is 77.7 Å². The Morgan fingerprint density at radius 1 is 0.977 bits per heavy atom. The van der Waals surface area contributed by atoms with E-state index in [1.165, 1.54) is 12.1 Å². The number of carbonyl (C=O) groups excluding carboxylic acids is 1. The molecule has 0 bridgehead atoms. The number of anilines is 2. The highest BCUT2D eigenvalue weighted by molar-refractivity contribution is 7.91. The summed E-state index contributed by atoms with van der Waals surface area (Å²) >= 11 is 12.7. The molecule has 8 nitrogen and oxygen atoms in total. The number of hydrogen-bond acceptors (Lipinski definition) is 5. The van der Waals surface area contributed by atoms with Gasteiger partial charge in [0.05, 0.1) is 26.5 Å². The van der Waals surface area contributed by atoms with Crippen LogP contribution in [0.1, 0.15) is 55.7 Å². The van der Waals surface area contributed by atoms with Crippen molar-refractivity contribution in [2.45, 2.75) is 56.1 Å². The Labute approximate surface area is 269 Å². The quantitative estimate of drug-likeness (QED) is 0.188. The molecule has 0 aliphatic carbocycles. The van der Waals surface area contributed by atoms with Gasteiger partial charge >= 0.3 is 6.03 Å². The molecule has 3 N–H and O–H groups in total. The Morgan fingerprint density at radius 3 is 2.34 bits per heavy atom. The van der Waals surface area contributed by atoms with Gasteiger partial charge in [0.25, 0.3) is 0 Å². The molecule has 1 aliphatic rings. The number of carbonyl (C=O) groups is 1. The summed E-state index contributed by atoms with van der Waals surface area (Å²) in [6.45, 7) is 9.56. The standard InChI is InChI=1S/C33H37Cl2N5O3S/c1-21-9-12-24(13-10-21)40-30(20-29(39-40)33(2,3)4)38-32(41)37-27-8-6-5-7-25(27)31(22-15-17-36-18-16-22)44(42,43)28-19-23(34)11-14-26(28)35/h5-14,19-20,22,31,36H,15-18H2,1-4H3,(H2,37,38,41). The smallest absolute Gasteiger partial charge is 0.317 e. The van der Waals surface area contributed by atoms with Crippen LogP contribution in [0.4, 0.5) is 16.3 Å². The molecule has 232 valence electrons. The van der Waals surface area contributed by atoms with Crippen molar-refractivity contribution < 1.29 is 13.2 Å². The number of piperidine rings is 1. The molecule has 1 saturated heterocycles. The van der Waals surface area contributed by atoms with E-state index in [4.69, 9.17) is 28.3 Å². The van der Waals surface area contributed by atoms with Crippen LogP contribution in [0.3, 0.4) is 0 Å². The first-order valence-electron chi connectivity index (χ1n) is 14.6. The maximum absolute atomic E-state index is 14.4. The van der Waals surface area contributed by atoms with Crippen LogP contribution in [-0.2, 0) is 15.3 Å². The molecule has 1 atom stereocenters. The molecule has 1 unspecified atom stereocenters. The summed E-state index contributed by atoms with van der Waals surface area (Å²) in [5.41, 5.74) is 3.35. The van der Waals surface area contributed by atoms with E-state index in [9.17, 15) is 13.2 Å². The lowest BCUT2D eigenvalue weighted by Gasteiger charge is -2.32. The molecule has 1 aromatic heterocycles. The SMILES string of the molecule is Cc1ccc(-n2nc(C(C)(C)C)cc2NC(=O)Nc2ccccc2C(C2CCNCC2)S(=O)(=O)c2cc(Cl)ccc2Cl)cc1. The van der Waals surface area contributed by atoms with Crippen molar-refractivity contribution in [3.05, 3.63) is 99.7 Å². The Bertz CT molecular complexity index is 1760. The van der Waals surface area contributed by atoms with Gasteiger partial charge in [-0.25, -0.2) is 17.9 Å². The van der Waals surface area contributed by atoms with Crippen molar-refractivity contribution in [3.63, 3.8) is 0 Å². The second kappa shape index (κ2) is 12.9. The molecule has 1 fully saturated rings. The minimum Gasteiger partial charge on any atom is -0.317 e. The first kappa shape index (κ1) is 32.0. The third kappa shape index (κ3) is 6.96. The number of rotatable bonds is 7. The zero-order chi connectivity index (χ0) is 31.6. The molecular formula is C33H37Cl2N5O3S. The molecule has 4 aromatic rings. The summed E-state index contributed by atoms with van der Waals surface area (Å²) in [5, 5.41) is 13.4. The van der Waals surface area contributed by atoms with Crippen molar-refractivity contribution >= 4 is 50.6 Å². The monoisotopic (exact) mass is 653 g/mol. The van der Waals surface area contributed by atoms with Crippen molar-refractivity contribution in [3.8, 4) is 5.69 Å². The maximum atomic E-state index is 14.4. The number of hydrogen-bond donors (Lipinski definition) is 3. The predicted molar refractivity (Wildman–Crippen MR) is 178 cm³/mol. The van der Waals surface area contributed by atoms with Crippen LogP contribution in [0.5, 0.6) is 0 Å². The molecule has 44 heavy (non-hydrogen) atoms. The van der Waals surface area contributed by atoms with Crippen molar-refractivity contribution in [1.29, 1.82) is 0 Å². The molecule has 2 heterocycles. The van der Waals surface area contributed by atoms with Gasteiger partial charge in [0.1, 0.15) is 5.82 Å². The van der Waals surface area contributed by atoms with Crippen LogP contribution in [0.2, 0.25) is 10.0 Å². The second-order valence-corrected chi connectivity index (χ2v) is 15.1. The Kier molecular flexibility index (Phi) is 9.41. The van der Waals surface area contributed by atoms with Gasteiger partial charge in [0, 0.05) is 22.2 Å². The number of benzene rings is 3. The fourth-order valence-electron chi connectivity index (χ4n) is 5.50. The Balaban J connectivity index is 1.51. The van der Waals surface area contributed by atoms with E-state index in [1.54, 1.807) is 35.0 Å². The first-order chi connectivity index (χ1) is 20.8. The summed E-state index contributed by atoms with van der Waals surface area (Å²) in [6.07, 6.45) is 1.29. The van der Waals surface area contributed by atoms with Gasteiger partial charge in [0.2, 0.25) is 0 Å². The highest BCUT2D eigenvalue weighted by Crippen LogP contribution is 2.44. The first-order valence-corrected chi connectivity index (χ1v) is 16.9. The third-order valence-electron chi connectivity index (χ3n) is 7.86. The van der Waals surface area contributed by atoms with E-state index in [0.717, 1.165) is 16.9 Å². The number of para-hydroxylation sites is 1. The second-order valence-electron chi connectivity index (χ2n) is 12.2. The van der Waals surface area contributed by atoms with Gasteiger partial charge < -0.3 is 10.6 Å². The number of sulfone groups is 1. The van der Waals surface area contributed by atoms with Crippen molar-refractivity contribution in [1.82, 2.24) is 15.1 Å². The van der Waals surface area contributed by atoms with Gasteiger partial charge in [0.15, 0.2) is 9.84 Å². The summed E-state index contributed by atoms with van der Waals surface area (Å²) in [5.74, 6) is 0.279. The van der Waals surface area contributed by atoms with E-state index in [2.05, 4.69) is 36.7 Å². The molecule has 0 radical (unpaired) electrons. The van der Waals surface area contributed by atoms with Crippen molar-refractivity contribution in [2.75, 3.05) is 23.7 Å². The average Bonchev–Trinajstić information content (AvgIpc) is 3.40. The molecular weight excluding hydrogens is 617 g/mol. The van der Waals surface area contributed by atoms with E-state index in [-0.39, 0.29) is 26.3 Å². The summed E-state index contributed by atoms with van der Waals surface area (Å²) < 4.78 is 30.4. The Hall–Kier alpha value is -3.37. The maximum Gasteiger partial charge on any atom is 0.324 e. The number of halogens is 2. The van der Waals surface area contributed by atoms with Gasteiger partial charge in [-0.1, -0.05) is 79.9 Å². The lowest BCUT2D eigenvalue weighted by molar-refractivity contribution is 0.262. The van der Waals surface area contributed by atoms with Gasteiger partial charge in [-0.15, -0.1) is 0 Å². The third-order valence-corrected chi connectivity index (χ3v) is 10.8. The molecule has 0 saturated carbocycles. The van der Waals surface area contributed by atoms with Crippen LogP contribution >= 0.6 is 23.2 Å². The largest absolute Gasteiger partial charge is 0.324 e. The summed E-state index contributed by atoms with van der Waals surface area (Å²) in [6, 6.07) is 20.7. The molecule has 5 rings (SSSR count). The van der Waals surface area contributed by atoms with Crippen LogP contribution in [-0.4, -0.2) is 37.3 Å². The fraction of sp³-hybridized carbons (Fsp3) is 0.333. The Morgan fingerprint density at radius 2 is 1.66 bits per heavy atom. The number of urea groups is 1. The number of nitrogens with one attached hydrogen (secondary N) is 3. The van der Waals surface area contributed by atoms with Crippen LogP contribution < -0.4 is 16.0 Å². The molecule has 0 spiro atoms. The van der Waals surface area contributed by atoms with E-state index in [1.807, 2.05) is 37.3 Å². The molecule has 11 heteroatoms. The zero-order valence-corrected chi connectivity index (χ0v) is 27.5. The fourth-order valence-corrected chi connectivity index (χ4v) is 8.40. The minimum atomic E-state index is -4.01. The normalized spacial score (nSPS) is 15.1. The van der Waals surface area contributed by atoms with Crippen molar-refractivity contribution in [2.24, 2.45) is 5.92 Å². The predicted octanol–water partition coefficient (Wildman–Crippen LogP) is 7.94. The number of nitrogens with zero attached hydrogens (tertiary/aromatic N) is 2.